The molecule has 0 atom stereocenters. The van der Waals surface area contributed by atoms with Gasteiger partial charge in [-0.25, -0.2) is 0 Å². The number of hydrogen-bond acceptors (Lipinski definition) is 3. The topological polar surface area (TPSA) is 28.2 Å². The molecular formula is C13H21N3. The van der Waals surface area contributed by atoms with E-state index in [1.54, 1.807) is 0 Å². The first-order chi connectivity index (χ1) is 7.64. The summed E-state index contributed by atoms with van der Waals surface area (Å²) in [6, 6.07) is 2.05. The van der Waals surface area contributed by atoms with Gasteiger partial charge in [-0.05, 0) is 51.9 Å². The zero-order valence-corrected chi connectivity index (χ0v) is 10.5. The number of nitrogens with one attached hydrogen (secondary N) is 1. The molecule has 0 amide bonds. The summed E-state index contributed by atoms with van der Waals surface area (Å²) in [5, 5.41) is 3.56. The van der Waals surface area contributed by atoms with Crippen molar-refractivity contribution in [3.8, 4) is 0 Å². The highest BCUT2D eigenvalue weighted by atomic mass is 15.2. The van der Waals surface area contributed by atoms with E-state index in [4.69, 9.17) is 0 Å². The van der Waals surface area contributed by atoms with Crippen LogP contribution in [0.3, 0.4) is 0 Å². The number of likely N-dealkylation sites (N-methyl/N-ethyl adjacent to an activating group) is 1. The monoisotopic (exact) mass is 219 g/mol. The molecule has 3 heteroatoms. The Morgan fingerprint density at radius 1 is 1.44 bits per heavy atom. The van der Waals surface area contributed by atoms with E-state index in [9.17, 15) is 0 Å². The summed E-state index contributed by atoms with van der Waals surface area (Å²) in [5.74, 6) is 0. The minimum absolute atomic E-state index is 0.371. The molecular weight excluding hydrogens is 198 g/mol. The van der Waals surface area contributed by atoms with Crippen molar-refractivity contribution in [1.29, 1.82) is 0 Å². The maximum Gasteiger partial charge on any atom is 0.0401 e. The Balaban J connectivity index is 1.99. The second kappa shape index (κ2) is 4.42. The van der Waals surface area contributed by atoms with Crippen molar-refractivity contribution >= 4 is 5.69 Å². The van der Waals surface area contributed by atoms with Gasteiger partial charge in [0.2, 0.25) is 0 Å². The normalized spacial score (nSPS) is 18.2. The molecule has 0 saturated heterocycles. The number of rotatable bonds is 4. The van der Waals surface area contributed by atoms with Gasteiger partial charge in [0.25, 0.3) is 0 Å². The fraction of sp³-hybridized carbons (Fsp3) is 0.615. The molecule has 0 bridgehead atoms. The van der Waals surface area contributed by atoms with Crippen molar-refractivity contribution < 1.29 is 0 Å². The third-order valence-corrected chi connectivity index (χ3v) is 3.86. The Morgan fingerprint density at radius 2 is 2.19 bits per heavy atom. The second-order valence-electron chi connectivity index (χ2n) is 5.02. The molecule has 1 aromatic rings. The van der Waals surface area contributed by atoms with Crippen LogP contribution in [-0.4, -0.2) is 36.1 Å². The third-order valence-electron chi connectivity index (χ3n) is 3.86. The number of hydrogen-bond donors (Lipinski definition) is 1. The molecule has 0 unspecified atom stereocenters. The van der Waals surface area contributed by atoms with Crippen LogP contribution in [0.4, 0.5) is 5.69 Å². The van der Waals surface area contributed by atoms with Gasteiger partial charge in [-0.15, -0.1) is 0 Å². The summed E-state index contributed by atoms with van der Waals surface area (Å²) in [5.41, 5.74) is 2.80. The van der Waals surface area contributed by atoms with Crippen LogP contribution >= 0.6 is 0 Å². The highest BCUT2D eigenvalue weighted by Gasteiger charge is 2.38. The average Bonchev–Trinajstić information content (AvgIpc) is 2.18. The van der Waals surface area contributed by atoms with Crippen molar-refractivity contribution in [1.82, 2.24) is 9.88 Å². The quantitative estimate of drug-likeness (QED) is 0.842. The fourth-order valence-corrected chi connectivity index (χ4v) is 2.30. The van der Waals surface area contributed by atoms with Gasteiger partial charge in [-0.3, -0.25) is 4.98 Å². The molecule has 88 valence electrons. The van der Waals surface area contributed by atoms with Gasteiger partial charge in [0, 0.05) is 30.2 Å². The summed E-state index contributed by atoms with van der Waals surface area (Å²) in [6.45, 7) is 3.13. The molecule has 16 heavy (non-hydrogen) atoms. The van der Waals surface area contributed by atoms with Crippen molar-refractivity contribution in [3.05, 3.63) is 24.0 Å². The summed E-state index contributed by atoms with van der Waals surface area (Å²) in [4.78, 5) is 6.47. The molecule has 1 aliphatic carbocycles. The SMILES string of the molecule is Cc1cnccc1NCC1(N(C)C)CCC1. The third kappa shape index (κ3) is 2.05. The Morgan fingerprint density at radius 3 is 2.69 bits per heavy atom. The molecule has 0 spiro atoms. The van der Waals surface area contributed by atoms with Gasteiger partial charge in [0.15, 0.2) is 0 Å². The van der Waals surface area contributed by atoms with Crippen molar-refractivity contribution in [2.75, 3.05) is 26.0 Å². The summed E-state index contributed by atoms with van der Waals surface area (Å²) in [6.07, 6.45) is 7.72. The number of pyridine rings is 1. The fourth-order valence-electron chi connectivity index (χ4n) is 2.30. The van der Waals surface area contributed by atoms with E-state index in [0.29, 0.717) is 5.54 Å². The molecule has 0 aromatic carbocycles. The highest BCUT2D eigenvalue weighted by Crippen LogP contribution is 2.36. The number of anilines is 1. The molecule has 1 aliphatic rings. The summed E-state index contributed by atoms with van der Waals surface area (Å²) >= 11 is 0. The lowest BCUT2D eigenvalue weighted by molar-refractivity contribution is 0.0739. The standard InChI is InChI=1S/C13H21N3/c1-11-9-14-8-5-12(11)15-10-13(16(2)3)6-4-7-13/h5,8-9H,4,6-7,10H2,1-3H3,(H,14,15). The Kier molecular flexibility index (Phi) is 3.15. The molecule has 1 fully saturated rings. The summed E-state index contributed by atoms with van der Waals surface area (Å²) in [7, 11) is 4.36. The first-order valence-corrected chi connectivity index (χ1v) is 5.96. The van der Waals surface area contributed by atoms with Gasteiger partial charge in [-0.1, -0.05) is 0 Å². The first-order valence-electron chi connectivity index (χ1n) is 5.96. The van der Waals surface area contributed by atoms with Crippen molar-refractivity contribution in [2.45, 2.75) is 31.7 Å². The molecule has 2 rings (SSSR count). The van der Waals surface area contributed by atoms with E-state index in [-0.39, 0.29) is 0 Å². The lowest BCUT2D eigenvalue weighted by Crippen LogP contribution is -2.54. The Hall–Kier alpha value is -1.09. The number of aryl methyl sites for hydroxylation is 1. The maximum absolute atomic E-state index is 4.11. The smallest absolute Gasteiger partial charge is 0.0401 e. The van der Waals surface area contributed by atoms with E-state index >= 15 is 0 Å². The lowest BCUT2D eigenvalue weighted by atomic mass is 9.75. The maximum atomic E-state index is 4.11. The molecule has 1 N–H and O–H groups in total. The van der Waals surface area contributed by atoms with Crippen molar-refractivity contribution in [2.24, 2.45) is 0 Å². The number of aromatic nitrogens is 1. The van der Waals surface area contributed by atoms with Crippen LogP contribution in [0.5, 0.6) is 0 Å². The second-order valence-corrected chi connectivity index (χ2v) is 5.02. The molecule has 1 saturated carbocycles. The number of nitrogens with zero attached hydrogens (tertiary/aromatic N) is 2. The molecule has 3 nitrogen and oxygen atoms in total. The largest absolute Gasteiger partial charge is 0.383 e. The van der Waals surface area contributed by atoms with Gasteiger partial charge >= 0.3 is 0 Å². The first kappa shape index (κ1) is 11.4. The van der Waals surface area contributed by atoms with Gasteiger partial charge in [0.05, 0.1) is 0 Å². The van der Waals surface area contributed by atoms with Gasteiger partial charge in [-0.2, -0.15) is 0 Å². The predicted octanol–water partition coefficient (Wildman–Crippen LogP) is 2.29. The van der Waals surface area contributed by atoms with Crippen LogP contribution in [0.15, 0.2) is 18.5 Å². The zero-order chi connectivity index (χ0) is 11.6. The Labute approximate surface area is 97.9 Å². The predicted molar refractivity (Wildman–Crippen MR) is 67.7 cm³/mol. The van der Waals surface area contributed by atoms with E-state index < -0.39 is 0 Å². The Bertz CT molecular complexity index is 356. The van der Waals surface area contributed by atoms with Crippen LogP contribution < -0.4 is 5.32 Å². The summed E-state index contributed by atoms with van der Waals surface area (Å²) < 4.78 is 0. The van der Waals surface area contributed by atoms with Crippen LogP contribution in [0.25, 0.3) is 0 Å². The molecule has 1 aromatic heterocycles. The van der Waals surface area contributed by atoms with Crippen molar-refractivity contribution in [3.63, 3.8) is 0 Å². The van der Waals surface area contributed by atoms with Crippen LogP contribution in [0.1, 0.15) is 24.8 Å². The zero-order valence-electron chi connectivity index (χ0n) is 10.5. The van der Waals surface area contributed by atoms with Crippen LogP contribution in [0.2, 0.25) is 0 Å². The molecule has 0 radical (unpaired) electrons. The average molecular weight is 219 g/mol. The lowest BCUT2D eigenvalue weighted by Gasteiger charge is -2.47. The van der Waals surface area contributed by atoms with E-state index in [1.165, 1.54) is 30.5 Å². The molecule has 1 heterocycles. The van der Waals surface area contributed by atoms with Crippen LogP contribution in [0, 0.1) is 6.92 Å². The molecule has 0 aliphatic heterocycles. The highest BCUT2D eigenvalue weighted by molar-refractivity contribution is 5.49. The van der Waals surface area contributed by atoms with E-state index in [2.05, 4.69) is 42.3 Å². The van der Waals surface area contributed by atoms with E-state index in [0.717, 1.165) is 6.54 Å². The minimum Gasteiger partial charge on any atom is -0.383 e. The van der Waals surface area contributed by atoms with Crippen LogP contribution in [-0.2, 0) is 0 Å². The van der Waals surface area contributed by atoms with E-state index in [1.807, 2.05) is 12.4 Å². The minimum atomic E-state index is 0.371. The van der Waals surface area contributed by atoms with Gasteiger partial charge in [0.1, 0.15) is 0 Å². The van der Waals surface area contributed by atoms with Gasteiger partial charge < -0.3 is 10.2 Å².